The van der Waals surface area contributed by atoms with E-state index >= 15 is 0 Å². The highest BCUT2D eigenvalue weighted by molar-refractivity contribution is 6.35. The minimum absolute atomic E-state index is 0.171. The van der Waals surface area contributed by atoms with Gasteiger partial charge in [-0.2, -0.15) is 4.98 Å². The number of para-hydroxylation sites is 2. The third-order valence-corrected chi connectivity index (χ3v) is 5.77. The number of fused-ring (bicyclic) bond motifs is 2. The second-order valence-electron chi connectivity index (χ2n) is 7.56. The van der Waals surface area contributed by atoms with Crippen LogP contribution in [0.3, 0.4) is 0 Å². The number of nitrogens with one attached hydrogen (secondary N) is 1. The lowest BCUT2D eigenvalue weighted by molar-refractivity contribution is 0.774. The zero-order valence-corrected chi connectivity index (χ0v) is 18.0. The van der Waals surface area contributed by atoms with Gasteiger partial charge in [-0.1, -0.05) is 54.1 Å². The van der Waals surface area contributed by atoms with Crippen LogP contribution < -0.4 is 16.6 Å². The molecule has 2 aromatic heterocycles. The quantitative estimate of drug-likeness (QED) is 0.393. The van der Waals surface area contributed by atoms with E-state index in [2.05, 4.69) is 15.3 Å². The van der Waals surface area contributed by atoms with Gasteiger partial charge in [-0.3, -0.25) is 9.36 Å². The van der Waals surface area contributed by atoms with E-state index in [0.717, 1.165) is 27.7 Å². The third-order valence-electron chi connectivity index (χ3n) is 5.46. The highest BCUT2D eigenvalue weighted by atomic mass is 35.5. The van der Waals surface area contributed by atoms with E-state index in [4.69, 9.17) is 17.3 Å². The summed E-state index contributed by atoms with van der Waals surface area (Å²) in [4.78, 5) is 22.3. The Hall–Kier alpha value is -3.90. The van der Waals surface area contributed by atoms with Crippen LogP contribution in [0.2, 0.25) is 5.02 Å². The monoisotopic (exact) mass is 441 g/mol. The van der Waals surface area contributed by atoms with Crippen LogP contribution in [0.4, 0.5) is 11.8 Å². The first-order valence-electron chi connectivity index (χ1n) is 10.2. The number of pyridine rings is 1. The van der Waals surface area contributed by atoms with Gasteiger partial charge >= 0.3 is 0 Å². The number of hydrogen-bond donors (Lipinski definition) is 2. The van der Waals surface area contributed by atoms with E-state index in [1.54, 1.807) is 10.6 Å². The Balaban J connectivity index is 1.71. The van der Waals surface area contributed by atoms with Gasteiger partial charge in [0.2, 0.25) is 5.95 Å². The number of halogens is 1. The first-order valence-corrected chi connectivity index (χ1v) is 10.6. The minimum Gasteiger partial charge on any atom is -0.368 e. The van der Waals surface area contributed by atoms with Crippen LogP contribution in [0.15, 0.2) is 83.7 Å². The van der Waals surface area contributed by atoms with E-state index in [9.17, 15) is 4.79 Å². The van der Waals surface area contributed by atoms with E-state index in [0.29, 0.717) is 16.2 Å². The molecule has 2 heterocycles. The van der Waals surface area contributed by atoms with Crippen LogP contribution >= 0.6 is 11.6 Å². The zero-order chi connectivity index (χ0) is 22.2. The van der Waals surface area contributed by atoms with Crippen molar-refractivity contribution in [2.24, 2.45) is 0 Å². The van der Waals surface area contributed by atoms with E-state index in [1.165, 1.54) is 0 Å². The van der Waals surface area contributed by atoms with Gasteiger partial charge in [-0.25, -0.2) is 4.98 Å². The van der Waals surface area contributed by atoms with Crippen LogP contribution in [0, 0.1) is 0 Å². The van der Waals surface area contributed by atoms with Crippen LogP contribution in [0.5, 0.6) is 0 Å². The number of nitrogen functional groups attached to an aromatic ring is 1. The summed E-state index contributed by atoms with van der Waals surface area (Å²) >= 11 is 6.41. The fourth-order valence-corrected chi connectivity index (χ4v) is 4.25. The summed E-state index contributed by atoms with van der Waals surface area (Å²) in [6.45, 7) is 1.98. The maximum atomic E-state index is 13.6. The molecule has 32 heavy (non-hydrogen) atoms. The molecule has 5 rings (SSSR count). The largest absolute Gasteiger partial charge is 0.368 e. The molecule has 1 atom stereocenters. The van der Waals surface area contributed by atoms with Crippen molar-refractivity contribution in [1.82, 2.24) is 14.5 Å². The van der Waals surface area contributed by atoms with Gasteiger partial charge < -0.3 is 11.1 Å². The van der Waals surface area contributed by atoms with Crippen molar-refractivity contribution in [3.05, 3.63) is 99.9 Å². The van der Waals surface area contributed by atoms with E-state index in [1.807, 2.05) is 79.7 Å². The van der Waals surface area contributed by atoms with Crippen molar-refractivity contribution in [3.8, 4) is 5.69 Å². The Morgan fingerprint density at radius 1 is 0.969 bits per heavy atom. The zero-order valence-electron chi connectivity index (χ0n) is 17.3. The van der Waals surface area contributed by atoms with Gasteiger partial charge in [0.25, 0.3) is 5.56 Å². The van der Waals surface area contributed by atoms with Crippen LogP contribution in [0.25, 0.3) is 27.4 Å². The highest BCUT2D eigenvalue weighted by Crippen LogP contribution is 2.29. The second kappa shape index (κ2) is 7.98. The number of nitrogens with zero attached hydrogens (tertiary/aromatic N) is 3. The minimum atomic E-state index is -0.274. The lowest BCUT2D eigenvalue weighted by atomic mass is 10.1. The number of aromatic nitrogens is 3. The Morgan fingerprint density at radius 3 is 2.53 bits per heavy atom. The van der Waals surface area contributed by atoms with Gasteiger partial charge in [-0.05, 0) is 48.7 Å². The molecule has 0 aliphatic heterocycles. The van der Waals surface area contributed by atoms with Crippen molar-refractivity contribution in [3.63, 3.8) is 0 Å². The number of hydrogen-bond acceptors (Lipinski definition) is 5. The molecule has 0 saturated carbocycles. The fourth-order valence-electron chi connectivity index (χ4n) is 3.99. The highest BCUT2D eigenvalue weighted by Gasteiger charge is 2.19. The van der Waals surface area contributed by atoms with Gasteiger partial charge in [0, 0.05) is 16.8 Å². The second-order valence-corrected chi connectivity index (χ2v) is 7.97. The maximum absolute atomic E-state index is 13.6. The van der Waals surface area contributed by atoms with Crippen molar-refractivity contribution in [1.29, 1.82) is 0 Å². The summed E-state index contributed by atoms with van der Waals surface area (Å²) in [6.07, 6.45) is 0. The average molecular weight is 442 g/mol. The van der Waals surface area contributed by atoms with Crippen molar-refractivity contribution in [2.75, 3.05) is 11.1 Å². The standard InChI is InChI=1S/C25H20ClN5O/c1-15(28-23-18-11-5-6-13-20(18)29-25(27)30-23)21-14-16-8-7-12-19(26)22(16)24(32)31(21)17-9-3-2-4-10-17/h2-15H,1H3,(H3,27,28,29,30)/t15-/m0/s1. The first-order chi connectivity index (χ1) is 15.5. The molecule has 0 spiro atoms. The smallest absolute Gasteiger partial charge is 0.264 e. The summed E-state index contributed by atoms with van der Waals surface area (Å²) in [5.41, 5.74) is 8.06. The maximum Gasteiger partial charge on any atom is 0.264 e. The number of nitrogens with two attached hydrogens (primary N) is 1. The molecule has 5 aromatic rings. The SMILES string of the molecule is C[C@H](Nc1nc(N)nc2ccccc12)c1cc2cccc(Cl)c2c(=O)n1-c1ccccc1. The Labute approximate surface area is 189 Å². The Bertz CT molecular complexity index is 1510. The normalized spacial score (nSPS) is 12.2. The molecule has 0 saturated heterocycles. The van der Waals surface area contributed by atoms with Gasteiger partial charge in [0.1, 0.15) is 5.82 Å². The molecule has 7 heteroatoms. The third kappa shape index (κ3) is 3.44. The number of rotatable bonds is 4. The summed E-state index contributed by atoms with van der Waals surface area (Å²) in [7, 11) is 0. The molecule has 0 unspecified atom stereocenters. The van der Waals surface area contributed by atoms with Crippen LogP contribution in [0.1, 0.15) is 18.7 Å². The number of benzene rings is 3. The summed E-state index contributed by atoms with van der Waals surface area (Å²) < 4.78 is 1.69. The van der Waals surface area contributed by atoms with Gasteiger partial charge in [-0.15, -0.1) is 0 Å². The lowest BCUT2D eigenvalue weighted by Gasteiger charge is -2.22. The molecule has 0 aliphatic rings. The van der Waals surface area contributed by atoms with Crippen LogP contribution in [-0.2, 0) is 0 Å². The van der Waals surface area contributed by atoms with E-state index in [-0.39, 0.29) is 17.5 Å². The molecule has 3 N–H and O–H groups in total. The fraction of sp³-hybridized carbons (Fsp3) is 0.0800. The predicted molar refractivity (Wildman–Crippen MR) is 131 cm³/mol. The van der Waals surface area contributed by atoms with Crippen molar-refractivity contribution in [2.45, 2.75) is 13.0 Å². The van der Waals surface area contributed by atoms with E-state index < -0.39 is 0 Å². The molecule has 0 amide bonds. The molecule has 3 aromatic carbocycles. The Morgan fingerprint density at radius 2 is 1.72 bits per heavy atom. The average Bonchev–Trinajstić information content (AvgIpc) is 2.79. The summed E-state index contributed by atoms with van der Waals surface area (Å²) in [5.74, 6) is 0.794. The summed E-state index contributed by atoms with van der Waals surface area (Å²) in [6, 6.07) is 24.4. The summed E-state index contributed by atoms with van der Waals surface area (Å²) in [5, 5.41) is 5.99. The molecular formula is C25H20ClN5O. The molecule has 0 aliphatic carbocycles. The Kier molecular flexibility index (Phi) is 4.99. The first kappa shape index (κ1) is 20.0. The number of anilines is 2. The molecule has 0 radical (unpaired) electrons. The van der Waals surface area contributed by atoms with Crippen LogP contribution in [-0.4, -0.2) is 14.5 Å². The molecule has 0 bridgehead atoms. The lowest BCUT2D eigenvalue weighted by Crippen LogP contribution is -2.26. The molecule has 158 valence electrons. The van der Waals surface area contributed by atoms with Crippen molar-refractivity contribution >= 4 is 45.0 Å². The molecular weight excluding hydrogens is 422 g/mol. The van der Waals surface area contributed by atoms with Crippen molar-refractivity contribution < 1.29 is 0 Å². The van der Waals surface area contributed by atoms with Gasteiger partial charge in [0.05, 0.1) is 22.0 Å². The molecule has 6 nitrogen and oxygen atoms in total. The predicted octanol–water partition coefficient (Wildman–Crippen LogP) is 5.34. The van der Waals surface area contributed by atoms with Gasteiger partial charge in [0.15, 0.2) is 0 Å². The topological polar surface area (TPSA) is 85.8 Å². The molecule has 0 fully saturated rings.